The van der Waals surface area contributed by atoms with E-state index >= 15 is 0 Å². The van der Waals surface area contributed by atoms with E-state index in [4.69, 9.17) is 0 Å². The van der Waals surface area contributed by atoms with Gasteiger partial charge in [-0.25, -0.2) is 0 Å². The molecule has 3 aliphatic rings. The Bertz CT molecular complexity index is 469. The molecule has 4 rings (SSSR count). The maximum absolute atomic E-state index is 3.88. The molecule has 0 aromatic heterocycles. The molecule has 0 radical (unpaired) electrons. The first-order valence-electron chi connectivity index (χ1n) is 9.17. The predicted octanol–water partition coefficient (Wildman–Crippen LogP) is 2.48. The Labute approximate surface area is 134 Å². The molecule has 2 saturated heterocycles. The van der Waals surface area contributed by atoms with Crippen molar-refractivity contribution in [3.8, 4) is 0 Å². The lowest BCUT2D eigenvalue weighted by molar-refractivity contribution is 0.0278. The molecule has 3 atom stereocenters. The molecule has 2 heterocycles. The normalized spacial score (nSPS) is 33.7. The second-order valence-electron chi connectivity index (χ2n) is 7.24. The van der Waals surface area contributed by atoms with Crippen molar-refractivity contribution in [2.45, 2.75) is 56.8 Å². The average molecular weight is 299 g/mol. The molecule has 1 saturated carbocycles. The fraction of sp³-hybridized carbons (Fsp3) is 0.684. The van der Waals surface area contributed by atoms with Crippen LogP contribution in [0.1, 0.15) is 37.7 Å². The predicted molar refractivity (Wildman–Crippen MR) is 90.9 cm³/mol. The van der Waals surface area contributed by atoms with Crippen LogP contribution in [0.4, 0.5) is 0 Å². The van der Waals surface area contributed by atoms with Crippen molar-refractivity contribution in [2.24, 2.45) is 0 Å². The third-order valence-electron chi connectivity index (χ3n) is 5.92. The molecule has 0 bridgehead atoms. The van der Waals surface area contributed by atoms with E-state index in [1.54, 1.807) is 0 Å². The third kappa shape index (κ3) is 2.94. The molecule has 3 nitrogen and oxygen atoms in total. The second kappa shape index (κ2) is 6.69. The molecular formula is C19H29N3. The van der Waals surface area contributed by atoms with E-state index in [0.717, 1.165) is 25.2 Å². The number of hydrogen-bond acceptors (Lipinski definition) is 3. The lowest BCUT2D eigenvalue weighted by Crippen LogP contribution is -2.66. The van der Waals surface area contributed by atoms with Crippen molar-refractivity contribution < 1.29 is 0 Å². The SMILES string of the molecule is c1ccc(CN2CCN[C@@H]3[C@@H](N4CCCC4)CCC[C@@H]32)cc1. The summed E-state index contributed by atoms with van der Waals surface area (Å²) in [6.07, 6.45) is 6.97. The monoisotopic (exact) mass is 299 g/mol. The van der Waals surface area contributed by atoms with E-state index in [0.29, 0.717) is 6.04 Å². The van der Waals surface area contributed by atoms with E-state index in [1.807, 2.05) is 0 Å². The van der Waals surface area contributed by atoms with Crippen LogP contribution in [-0.2, 0) is 6.54 Å². The molecule has 120 valence electrons. The average Bonchev–Trinajstić information content (AvgIpc) is 3.10. The molecule has 3 fully saturated rings. The van der Waals surface area contributed by atoms with Gasteiger partial charge in [-0.3, -0.25) is 9.80 Å². The summed E-state index contributed by atoms with van der Waals surface area (Å²) in [5.74, 6) is 0. The zero-order valence-corrected chi connectivity index (χ0v) is 13.6. The van der Waals surface area contributed by atoms with Gasteiger partial charge in [-0.2, -0.15) is 0 Å². The van der Waals surface area contributed by atoms with Crippen molar-refractivity contribution in [3.63, 3.8) is 0 Å². The van der Waals surface area contributed by atoms with Gasteiger partial charge in [0.15, 0.2) is 0 Å². The Balaban J connectivity index is 1.48. The van der Waals surface area contributed by atoms with Gasteiger partial charge in [0, 0.05) is 37.8 Å². The molecule has 3 heteroatoms. The van der Waals surface area contributed by atoms with Gasteiger partial charge < -0.3 is 5.32 Å². The summed E-state index contributed by atoms with van der Waals surface area (Å²) in [6, 6.07) is 13.2. The minimum Gasteiger partial charge on any atom is -0.310 e. The van der Waals surface area contributed by atoms with Gasteiger partial charge in [0.25, 0.3) is 0 Å². The molecule has 0 spiro atoms. The van der Waals surface area contributed by atoms with Crippen molar-refractivity contribution in [1.82, 2.24) is 15.1 Å². The molecular weight excluding hydrogens is 270 g/mol. The van der Waals surface area contributed by atoms with E-state index < -0.39 is 0 Å². The summed E-state index contributed by atoms with van der Waals surface area (Å²) in [7, 11) is 0. The Morgan fingerprint density at radius 1 is 0.909 bits per heavy atom. The largest absolute Gasteiger partial charge is 0.310 e. The summed E-state index contributed by atoms with van der Waals surface area (Å²) in [5.41, 5.74) is 1.46. The highest BCUT2D eigenvalue weighted by atomic mass is 15.3. The summed E-state index contributed by atoms with van der Waals surface area (Å²) >= 11 is 0. The topological polar surface area (TPSA) is 18.5 Å². The van der Waals surface area contributed by atoms with E-state index in [2.05, 4.69) is 45.4 Å². The summed E-state index contributed by atoms with van der Waals surface area (Å²) < 4.78 is 0. The van der Waals surface area contributed by atoms with E-state index in [9.17, 15) is 0 Å². The number of piperazine rings is 1. The molecule has 0 amide bonds. The van der Waals surface area contributed by atoms with Gasteiger partial charge >= 0.3 is 0 Å². The first-order chi connectivity index (χ1) is 10.9. The summed E-state index contributed by atoms with van der Waals surface area (Å²) in [6.45, 7) is 6.13. The van der Waals surface area contributed by atoms with Crippen LogP contribution in [0.3, 0.4) is 0 Å². The number of nitrogens with zero attached hydrogens (tertiary/aromatic N) is 2. The van der Waals surface area contributed by atoms with Crippen LogP contribution in [0.2, 0.25) is 0 Å². The molecule has 1 aliphatic carbocycles. The smallest absolute Gasteiger partial charge is 0.0380 e. The summed E-state index contributed by atoms with van der Waals surface area (Å²) in [4.78, 5) is 5.52. The van der Waals surface area contributed by atoms with Crippen LogP contribution < -0.4 is 5.32 Å². The molecule has 0 unspecified atom stereocenters. The molecule has 22 heavy (non-hydrogen) atoms. The van der Waals surface area contributed by atoms with Crippen LogP contribution in [0.5, 0.6) is 0 Å². The molecule has 1 N–H and O–H groups in total. The quantitative estimate of drug-likeness (QED) is 0.925. The Kier molecular flexibility index (Phi) is 4.47. The molecule has 1 aromatic carbocycles. The number of hydrogen-bond donors (Lipinski definition) is 1. The van der Waals surface area contributed by atoms with Crippen LogP contribution in [0.15, 0.2) is 30.3 Å². The number of rotatable bonds is 3. The minimum atomic E-state index is 0.685. The summed E-state index contributed by atoms with van der Waals surface area (Å²) in [5, 5.41) is 3.88. The first kappa shape index (κ1) is 14.7. The van der Waals surface area contributed by atoms with Gasteiger partial charge in [-0.1, -0.05) is 36.8 Å². The van der Waals surface area contributed by atoms with Gasteiger partial charge in [-0.05, 0) is 44.3 Å². The fourth-order valence-electron chi connectivity index (χ4n) is 4.87. The van der Waals surface area contributed by atoms with Crippen LogP contribution in [0, 0.1) is 0 Å². The Morgan fingerprint density at radius 2 is 1.68 bits per heavy atom. The van der Waals surface area contributed by atoms with Crippen LogP contribution >= 0.6 is 0 Å². The lowest BCUT2D eigenvalue weighted by atomic mass is 9.82. The number of nitrogens with one attached hydrogen (secondary N) is 1. The second-order valence-corrected chi connectivity index (χ2v) is 7.24. The number of likely N-dealkylation sites (tertiary alicyclic amines) is 1. The van der Waals surface area contributed by atoms with Gasteiger partial charge in [0.05, 0.1) is 0 Å². The number of benzene rings is 1. The molecule has 1 aromatic rings. The van der Waals surface area contributed by atoms with Crippen molar-refractivity contribution >= 4 is 0 Å². The molecule has 2 aliphatic heterocycles. The van der Waals surface area contributed by atoms with E-state index in [-0.39, 0.29) is 0 Å². The zero-order valence-electron chi connectivity index (χ0n) is 13.6. The van der Waals surface area contributed by atoms with E-state index in [1.165, 1.54) is 57.3 Å². The van der Waals surface area contributed by atoms with Gasteiger partial charge in [-0.15, -0.1) is 0 Å². The number of fused-ring (bicyclic) bond motifs is 1. The maximum atomic E-state index is 3.88. The minimum absolute atomic E-state index is 0.685. The highest BCUT2D eigenvalue weighted by Gasteiger charge is 2.41. The van der Waals surface area contributed by atoms with Crippen molar-refractivity contribution in [3.05, 3.63) is 35.9 Å². The highest BCUT2D eigenvalue weighted by Crippen LogP contribution is 2.31. The van der Waals surface area contributed by atoms with Crippen molar-refractivity contribution in [2.75, 3.05) is 26.2 Å². The van der Waals surface area contributed by atoms with Gasteiger partial charge in [0.1, 0.15) is 0 Å². The third-order valence-corrected chi connectivity index (χ3v) is 5.92. The first-order valence-corrected chi connectivity index (χ1v) is 9.17. The van der Waals surface area contributed by atoms with Gasteiger partial charge in [0.2, 0.25) is 0 Å². The lowest BCUT2D eigenvalue weighted by Gasteiger charge is -2.50. The standard InChI is InChI=1S/C19H29N3/c1-2-7-16(8-3-1)15-22-14-11-20-19-17(9-6-10-18(19)22)21-12-4-5-13-21/h1-3,7-8,17-20H,4-6,9-15H2/t17-,18-,19+/m0/s1. The highest BCUT2D eigenvalue weighted by molar-refractivity contribution is 5.15. The van der Waals surface area contributed by atoms with Crippen LogP contribution in [-0.4, -0.2) is 54.1 Å². The maximum Gasteiger partial charge on any atom is 0.0380 e. The van der Waals surface area contributed by atoms with Crippen molar-refractivity contribution in [1.29, 1.82) is 0 Å². The fourth-order valence-corrected chi connectivity index (χ4v) is 4.87. The zero-order chi connectivity index (χ0) is 14.8. The Hall–Kier alpha value is -0.900. The Morgan fingerprint density at radius 3 is 2.50 bits per heavy atom. The van der Waals surface area contributed by atoms with Crippen LogP contribution in [0.25, 0.3) is 0 Å².